The van der Waals surface area contributed by atoms with E-state index < -0.39 is 0 Å². The molecule has 7 heteroatoms. The van der Waals surface area contributed by atoms with E-state index in [-0.39, 0.29) is 12.0 Å². The van der Waals surface area contributed by atoms with E-state index in [4.69, 9.17) is 5.73 Å². The first-order chi connectivity index (χ1) is 9.78. The number of fused-ring (bicyclic) bond motifs is 1. The lowest BCUT2D eigenvalue weighted by Gasteiger charge is -2.17. The molecule has 0 aliphatic carbocycles. The number of nitrogens with two attached hydrogens (primary N) is 1. The van der Waals surface area contributed by atoms with E-state index in [0.29, 0.717) is 5.65 Å². The maximum atomic E-state index is 5.74. The topological polar surface area (TPSA) is 92.5 Å². The van der Waals surface area contributed by atoms with E-state index in [2.05, 4.69) is 49.9 Å². The smallest absolute Gasteiger partial charge is 0.224 e. The summed E-state index contributed by atoms with van der Waals surface area (Å²) in [5.74, 6) is 0.971. The maximum absolute atomic E-state index is 5.74. The predicted octanol–water partition coefficient (Wildman–Crippen LogP) is 2.95. The van der Waals surface area contributed by atoms with Gasteiger partial charge in [0.05, 0.1) is 17.6 Å². The van der Waals surface area contributed by atoms with Gasteiger partial charge in [0.2, 0.25) is 5.95 Å². The molecule has 0 aliphatic rings. The number of hydrogen-bond acceptors (Lipinski definition) is 6. The molecule has 0 saturated carbocycles. The minimum atomic E-state index is 0.229. The Morgan fingerprint density at radius 3 is 3.10 bits per heavy atom. The van der Waals surface area contributed by atoms with Gasteiger partial charge in [-0.15, -0.1) is 11.3 Å². The zero-order chi connectivity index (χ0) is 13.9. The Morgan fingerprint density at radius 1 is 1.45 bits per heavy atom. The average Bonchev–Trinajstić information content (AvgIpc) is 3.08. The lowest BCUT2D eigenvalue weighted by Crippen LogP contribution is -2.11. The van der Waals surface area contributed by atoms with Gasteiger partial charge in [-0.2, -0.15) is 15.1 Å². The van der Waals surface area contributed by atoms with Crippen LogP contribution in [0.4, 0.5) is 11.8 Å². The number of anilines is 2. The molecule has 20 heavy (non-hydrogen) atoms. The van der Waals surface area contributed by atoms with Crippen molar-refractivity contribution in [1.29, 1.82) is 0 Å². The fourth-order valence-electron chi connectivity index (χ4n) is 2.19. The monoisotopic (exact) mass is 288 g/mol. The van der Waals surface area contributed by atoms with Gasteiger partial charge in [0.25, 0.3) is 0 Å². The molecule has 0 radical (unpaired) electrons. The third-order valence-electron chi connectivity index (χ3n) is 3.10. The summed E-state index contributed by atoms with van der Waals surface area (Å²) in [4.78, 5) is 9.72. The van der Waals surface area contributed by atoms with Crippen LogP contribution in [0.2, 0.25) is 0 Å². The van der Waals surface area contributed by atoms with Gasteiger partial charge in [0, 0.05) is 4.88 Å². The SMILES string of the molecule is CCCC(Nc1nc(N)nc2[nH]ncc12)c1cccs1. The molecule has 104 valence electrons. The molecule has 0 saturated heterocycles. The highest BCUT2D eigenvalue weighted by molar-refractivity contribution is 7.10. The molecule has 0 aromatic carbocycles. The summed E-state index contributed by atoms with van der Waals surface area (Å²) in [6, 6.07) is 4.42. The molecule has 0 fully saturated rings. The lowest BCUT2D eigenvalue weighted by molar-refractivity contribution is 0.685. The van der Waals surface area contributed by atoms with Gasteiger partial charge in [-0.3, -0.25) is 5.10 Å². The Hall–Kier alpha value is -2.15. The number of thiophene rings is 1. The molecule has 6 nitrogen and oxygen atoms in total. The van der Waals surface area contributed by atoms with Crippen molar-refractivity contribution < 1.29 is 0 Å². The number of rotatable bonds is 5. The molecule has 0 amide bonds. The molecular weight excluding hydrogens is 272 g/mol. The van der Waals surface area contributed by atoms with E-state index in [1.807, 2.05) is 0 Å². The van der Waals surface area contributed by atoms with Crippen molar-refractivity contribution in [2.45, 2.75) is 25.8 Å². The highest BCUT2D eigenvalue weighted by Gasteiger charge is 2.15. The first-order valence-corrected chi connectivity index (χ1v) is 7.42. The van der Waals surface area contributed by atoms with Crippen LogP contribution < -0.4 is 11.1 Å². The number of H-pyrrole nitrogens is 1. The Labute approximate surface area is 120 Å². The Bertz CT molecular complexity index is 690. The highest BCUT2D eigenvalue weighted by atomic mass is 32.1. The largest absolute Gasteiger partial charge is 0.368 e. The van der Waals surface area contributed by atoms with Crippen molar-refractivity contribution in [1.82, 2.24) is 20.2 Å². The Morgan fingerprint density at radius 2 is 2.35 bits per heavy atom. The number of aromatic nitrogens is 4. The second kappa shape index (κ2) is 5.46. The van der Waals surface area contributed by atoms with Crippen molar-refractivity contribution in [2.75, 3.05) is 11.1 Å². The number of nitrogen functional groups attached to an aromatic ring is 1. The first kappa shape index (κ1) is 12.9. The number of hydrogen-bond donors (Lipinski definition) is 3. The molecule has 3 heterocycles. The second-order valence-electron chi connectivity index (χ2n) is 4.56. The normalized spacial score (nSPS) is 12.7. The van der Waals surface area contributed by atoms with Crippen LogP contribution >= 0.6 is 11.3 Å². The minimum Gasteiger partial charge on any atom is -0.368 e. The predicted molar refractivity (Wildman–Crippen MR) is 81.7 cm³/mol. The Balaban J connectivity index is 1.96. The van der Waals surface area contributed by atoms with Crippen molar-refractivity contribution in [3.8, 4) is 0 Å². The third kappa shape index (κ3) is 2.44. The summed E-state index contributed by atoms with van der Waals surface area (Å²) in [7, 11) is 0. The van der Waals surface area contributed by atoms with Crippen LogP contribution in [0.15, 0.2) is 23.7 Å². The quantitative estimate of drug-likeness (QED) is 0.671. The molecule has 4 N–H and O–H groups in total. The summed E-state index contributed by atoms with van der Waals surface area (Å²) in [5, 5.41) is 13.2. The Kier molecular flexibility index (Phi) is 3.51. The summed E-state index contributed by atoms with van der Waals surface area (Å²) >= 11 is 1.74. The minimum absolute atomic E-state index is 0.229. The fraction of sp³-hybridized carbons (Fsp3) is 0.308. The van der Waals surface area contributed by atoms with E-state index in [0.717, 1.165) is 24.0 Å². The number of nitrogens with zero attached hydrogens (tertiary/aromatic N) is 3. The lowest BCUT2D eigenvalue weighted by atomic mass is 10.1. The van der Waals surface area contributed by atoms with Crippen LogP contribution in [0.25, 0.3) is 11.0 Å². The summed E-state index contributed by atoms with van der Waals surface area (Å²) in [6.07, 6.45) is 3.84. The molecular formula is C13H16N6S. The summed E-state index contributed by atoms with van der Waals surface area (Å²) in [6.45, 7) is 2.17. The van der Waals surface area contributed by atoms with E-state index in [1.54, 1.807) is 17.5 Å². The first-order valence-electron chi connectivity index (χ1n) is 6.54. The molecule has 3 aromatic heterocycles. The molecule has 0 aliphatic heterocycles. The summed E-state index contributed by atoms with van der Waals surface area (Å²) < 4.78 is 0. The van der Waals surface area contributed by atoms with Crippen molar-refractivity contribution in [3.63, 3.8) is 0 Å². The van der Waals surface area contributed by atoms with Gasteiger partial charge in [0.1, 0.15) is 5.82 Å². The highest BCUT2D eigenvalue weighted by Crippen LogP contribution is 2.29. The van der Waals surface area contributed by atoms with E-state index in [1.165, 1.54) is 4.88 Å². The fourth-order valence-corrected chi connectivity index (χ4v) is 3.00. The molecule has 0 bridgehead atoms. The maximum Gasteiger partial charge on any atom is 0.224 e. The standard InChI is InChI=1S/C13H16N6S/c1-2-4-9(10-5-3-6-20-10)16-11-8-7-15-19-12(8)18-13(14)17-11/h3,5-7,9H,2,4H2,1H3,(H4,14,15,16,17,18,19). The van der Waals surface area contributed by atoms with Crippen LogP contribution in [0.5, 0.6) is 0 Å². The van der Waals surface area contributed by atoms with E-state index >= 15 is 0 Å². The van der Waals surface area contributed by atoms with Crippen LogP contribution in [0.3, 0.4) is 0 Å². The van der Waals surface area contributed by atoms with Crippen LogP contribution in [0, 0.1) is 0 Å². The van der Waals surface area contributed by atoms with Gasteiger partial charge < -0.3 is 11.1 Å². The van der Waals surface area contributed by atoms with Gasteiger partial charge in [-0.1, -0.05) is 19.4 Å². The van der Waals surface area contributed by atoms with Crippen molar-refractivity contribution in [2.24, 2.45) is 0 Å². The third-order valence-corrected chi connectivity index (χ3v) is 4.09. The summed E-state index contributed by atoms with van der Waals surface area (Å²) in [5.41, 5.74) is 6.40. The average molecular weight is 288 g/mol. The van der Waals surface area contributed by atoms with Crippen molar-refractivity contribution >= 4 is 34.1 Å². The van der Waals surface area contributed by atoms with Crippen LogP contribution in [-0.2, 0) is 0 Å². The van der Waals surface area contributed by atoms with Crippen LogP contribution in [-0.4, -0.2) is 20.2 Å². The van der Waals surface area contributed by atoms with Gasteiger partial charge in [-0.25, -0.2) is 0 Å². The molecule has 1 atom stereocenters. The number of nitrogens with one attached hydrogen (secondary N) is 2. The molecule has 0 spiro atoms. The second-order valence-corrected chi connectivity index (χ2v) is 5.54. The van der Waals surface area contributed by atoms with Gasteiger partial charge >= 0.3 is 0 Å². The van der Waals surface area contributed by atoms with Gasteiger partial charge in [0.15, 0.2) is 5.65 Å². The zero-order valence-electron chi connectivity index (χ0n) is 11.1. The van der Waals surface area contributed by atoms with Gasteiger partial charge in [-0.05, 0) is 17.9 Å². The molecule has 3 rings (SSSR count). The molecule has 1 unspecified atom stereocenters. The van der Waals surface area contributed by atoms with E-state index in [9.17, 15) is 0 Å². The van der Waals surface area contributed by atoms with Crippen molar-refractivity contribution in [3.05, 3.63) is 28.6 Å². The van der Waals surface area contributed by atoms with Crippen LogP contribution in [0.1, 0.15) is 30.7 Å². The zero-order valence-corrected chi connectivity index (χ0v) is 11.9. The molecule has 3 aromatic rings. The number of aromatic amines is 1.